The molecule has 2 N–H and O–H groups in total. The number of hydrogen-bond donors (Lipinski definition) is 1. The maximum atomic E-state index is 4.68. The van der Waals surface area contributed by atoms with E-state index in [0.29, 0.717) is 6.04 Å². The van der Waals surface area contributed by atoms with E-state index in [1.54, 1.807) is 11.3 Å². The Morgan fingerprint density at radius 1 is 1.15 bits per heavy atom. The largest absolute Gasteiger partial charge is 0.335 e. The van der Waals surface area contributed by atoms with E-state index in [4.69, 9.17) is 0 Å². The lowest BCUT2D eigenvalue weighted by Gasteiger charge is -2.11. The molecule has 0 unspecified atom stereocenters. The summed E-state index contributed by atoms with van der Waals surface area (Å²) in [7, 11) is 0. The molecule has 0 aliphatic heterocycles. The van der Waals surface area contributed by atoms with Crippen molar-refractivity contribution in [2.24, 2.45) is 0 Å². The summed E-state index contributed by atoms with van der Waals surface area (Å²) in [5.74, 6) is 0. The molecule has 1 atom stereocenters. The second-order valence-corrected chi connectivity index (χ2v) is 6.79. The highest BCUT2D eigenvalue weighted by atomic mass is 79.9. The van der Waals surface area contributed by atoms with Gasteiger partial charge in [0.15, 0.2) is 0 Å². The summed E-state index contributed by atoms with van der Waals surface area (Å²) in [6, 6.07) is 17.1. The van der Waals surface area contributed by atoms with Gasteiger partial charge in [0.25, 0.3) is 0 Å². The predicted octanol–water partition coefficient (Wildman–Crippen LogP) is 3.88. The van der Waals surface area contributed by atoms with Gasteiger partial charge in [-0.25, -0.2) is 4.98 Å². The second-order valence-electron chi connectivity index (χ2n) is 4.83. The smallest absolute Gasteiger partial charge is 0.148 e. The summed E-state index contributed by atoms with van der Waals surface area (Å²) in [5.41, 5.74) is 2.43. The molecule has 0 radical (unpaired) electrons. The summed E-state index contributed by atoms with van der Waals surface area (Å²) in [4.78, 5) is 4.68. The van der Waals surface area contributed by atoms with Crippen LogP contribution in [0.3, 0.4) is 0 Å². The number of halogens is 1. The Labute approximate surface area is 131 Å². The van der Waals surface area contributed by atoms with Crippen LogP contribution in [0.5, 0.6) is 0 Å². The average molecular weight is 348 g/mol. The summed E-state index contributed by atoms with van der Waals surface area (Å²) in [5, 5.41) is 3.52. The number of quaternary nitrogens is 1. The monoisotopic (exact) mass is 347 g/mol. The van der Waals surface area contributed by atoms with Gasteiger partial charge in [-0.05, 0) is 25.1 Å². The molecule has 0 aliphatic rings. The first-order valence-corrected chi connectivity index (χ1v) is 8.27. The minimum atomic E-state index is 0.414. The van der Waals surface area contributed by atoms with Crippen molar-refractivity contribution < 1.29 is 5.32 Å². The van der Waals surface area contributed by atoms with Gasteiger partial charge in [0.2, 0.25) is 0 Å². The second kappa shape index (κ2) is 6.04. The zero-order chi connectivity index (χ0) is 13.9. The molecule has 0 aliphatic carbocycles. The van der Waals surface area contributed by atoms with Crippen LogP contribution in [0.1, 0.15) is 23.5 Å². The van der Waals surface area contributed by atoms with Gasteiger partial charge < -0.3 is 5.32 Å². The third-order valence-electron chi connectivity index (χ3n) is 3.38. The molecule has 1 heterocycles. The number of para-hydroxylation sites is 1. The molecule has 0 saturated heterocycles. The van der Waals surface area contributed by atoms with E-state index in [0.717, 1.165) is 12.1 Å². The molecular weight excluding hydrogens is 332 g/mol. The number of nitrogens with zero attached hydrogens (tertiary/aromatic N) is 1. The molecule has 20 heavy (non-hydrogen) atoms. The van der Waals surface area contributed by atoms with Crippen LogP contribution in [0, 0.1) is 0 Å². The van der Waals surface area contributed by atoms with E-state index >= 15 is 0 Å². The van der Waals surface area contributed by atoms with Gasteiger partial charge in [-0.15, -0.1) is 11.3 Å². The summed E-state index contributed by atoms with van der Waals surface area (Å²) in [6.07, 6.45) is 0. The van der Waals surface area contributed by atoms with Crippen molar-refractivity contribution in [2.45, 2.75) is 19.5 Å². The van der Waals surface area contributed by atoms with Crippen molar-refractivity contribution in [3.8, 4) is 0 Å². The minimum Gasteiger partial charge on any atom is -0.335 e. The van der Waals surface area contributed by atoms with Crippen LogP contribution < -0.4 is 5.32 Å². The number of fused-ring (bicyclic) bond motifs is 1. The van der Waals surface area contributed by atoms with Gasteiger partial charge in [0.1, 0.15) is 17.6 Å². The quantitative estimate of drug-likeness (QED) is 0.762. The van der Waals surface area contributed by atoms with E-state index in [-0.39, 0.29) is 0 Å². The molecule has 0 saturated carbocycles. The Hall–Kier alpha value is -1.23. The first-order chi connectivity index (χ1) is 9.74. The number of hydrogen-bond acceptors (Lipinski definition) is 2. The van der Waals surface area contributed by atoms with Crippen molar-refractivity contribution in [3.05, 3.63) is 63.6 Å². The molecule has 0 spiro atoms. The lowest BCUT2D eigenvalue weighted by molar-refractivity contribution is -0.708. The highest BCUT2D eigenvalue weighted by Crippen LogP contribution is 2.22. The number of rotatable bonds is 4. The third kappa shape index (κ3) is 2.92. The molecule has 2 nitrogen and oxygen atoms in total. The van der Waals surface area contributed by atoms with Gasteiger partial charge in [0, 0.05) is 10.0 Å². The van der Waals surface area contributed by atoms with Gasteiger partial charge in [0.05, 0.1) is 10.2 Å². The molecule has 3 rings (SSSR count). The highest BCUT2D eigenvalue weighted by molar-refractivity contribution is 9.10. The van der Waals surface area contributed by atoms with Gasteiger partial charge in [-0.1, -0.05) is 46.3 Å². The van der Waals surface area contributed by atoms with Crippen molar-refractivity contribution in [2.75, 3.05) is 0 Å². The maximum absolute atomic E-state index is 4.68. The Morgan fingerprint density at radius 3 is 2.70 bits per heavy atom. The molecule has 2 aromatic carbocycles. The molecule has 0 fully saturated rings. The van der Waals surface area contributed by atoms with Crippen molar-refractivity contribution in [1.82, 2.24) is 4.98 Å². The van der Waals surface area contributed by atoms with Crippen LogP contribution in [0.25, 0.3) is 10.2 Å². The summed E-state index contributed by atoms with van der Waals surface area (Å²) in [6.45, 7) is 3.15. The van der Waals surface area contributed by atoms with Crippen molar-refractivity contribution in [3.63, 3.8) is 0 Å². The first-order valence-electron chi connectivity index (χ1n) is 6.66. The molecule has 102 valence electrons. The van der Waals surface area contributed by atoms with Crippen LogP contribution >= 0.6 is 27.3 Å². The normalized spacial score (nSPS) is 12.7. The molecule has 0 bridgehead atoms. The Bertz CT molecular complexity index is 690. The van der Waals surface area contributed by atoms with Gasteiger partial charge >= 0.3 is 0 Å². The fraction of sp³-hybridized carbons (Fsp3) is 0.188. The van der Waals surface area contributed by atoms with Crippen LogP contribution in [0.15, 0.2) is 53.0 Å². The fourth-order valence-electron chi connectivity index (χ4n) is 2.26. The topological polar surface area (TPSA) is 29.5 Å². The minimum absolute atomic E-state index is 0.414. The Morgan fingerprint density at radius 2 is 1.90 bits per heavy atom. The molecule has 3 aromatic rings. The number of nitrogens with two attached hydrogens (primary N) is 1. The number of aromatic nitrogens is 1. The van der Waals surface area contributed by atoms with E-state index < -0.39 is 0 Å². The average Bonchev–Trinajstić information content (AvgIpc) is 2.88. The van der Waals surface area contributed by atoms with E-state index in [1.807, 2.05) is 12.1 Å². The zero-order valence-corrected chi connectivity index (χ0v) is 13.6. The Balaban J connectivity index is 1.71. The number of thiazole rings is 1. The molecular formula is C16H16BrN2S+. The zero-order valence-electron chi connectivity index (χ0n) is 11.2. The highest BCUT2D eigenvalue weighted by Gasteiger charge is 2.13. The van der Waals surface area contributed by atoms with Crippen molar-refractivity contribution >= 4 is 37.5 Å². The standard InChI is InChI=1S/C16H15BrN2S/c1-11(12-6-2-3-7-13(12)17)18-10-16-19-14-8-4-5-9-15(14)20-16/h2-9,11,18H,10H2,1H3/p+1/t11-/m1/s1. The molecule has 1 aromatic heterocycles. The predicted molar refractivity (Wildman–Crippen MR) is 87.8 cm³/mol. The van der Waals surface area contributed by atoms with Crippen LogP contribution in [0.2, 0.25) is 0 Å². The molecule has 0 amide bonds. The van der Waals surface area contributed by atoms with Crippen LogP contribution in [-0.4, -0.2) is 4.98 Å². The van der Waals surface area contributed by atoms with E-state index in [9.17, 15) is 0 Å². The molecule has 4 heteroatoms. The third-order valence-corrected chi connectivity index (χ3v) is 5.16. The lowest BCUT2D eigenvalue weighted by atomic mass is 10.1. The number of benzene rings is 2. The van der Waals surface area contributed by atoms with Crippen LogP contribution in [-0.2, 0) is 6.54 Å². The first kappa shape index (κ1) is 13.7. The summed E-state index contributed by atoms with van der Waals surface area (Å²) < 4.78 is 2.44. The summed E-state index contributed by atoms with van der Waals surface area (Å²) >= 11 is 5.40. The van der Waals surface area contributed by atoms with E-state index in [2.05, 4.69) is 69.6 Å². The van der Waals surface area contributed by atoms with Gasteiger partial charge in [-0.2, -0.15) is 0 Å². The Kier molecular flexibility index (Phi) is 4.15. The maximum Gasteiger partial charge on any atom is 0.148 e. The van der Waals surface area contributed by atoms with Crippen LogP contribution in [0.4, 0.5) is 0 Å². The fourth-order valence-corrected chi connectivity index (χ4v) is 3.84. The van der Waals surface area contributed by atoms with Crippen molar-refractivity contribution in [1.29, 1.82) is 0 Å². The SMILES string of the molecule is C[C@@H]([NH2+]Cc1nc2ccccc2s1)c1ccccc1Br. The lowest BCUT2D eigenvalue weighted by Crippen LogP contribution is -2.83. The van der Waals surface area contributed by atoms with E-state index in [1.165, 1.54) is 19.7 Å². The van der Waals surface area contributed by atoms with Gasteiger partial charge in [-0.3, -0.25) is 0 Å².